The third kappa shape index (κ3) is 4.57. The summed E-state index contributed by atoms with van der Waals surface area (Å²) in [6, 6.07) is 2.05. The highest BCUT2D eigenvalue weighted by atomic mass is 19.4. The van der Waals surface area contributed by atoms with Crippen molar-refractivity contribution in [2.45, 2.75) is 25.1 Å². The molecule has 0 radical (unpaired) electrons. The quantitative estimate of drug-likeness (QED) is 0.415. The Morgan fingerprint density at radius 3 is 2.71 bits per heavy atom. The molecule has 1 aliphatic heterocycles. The summed E-state index contributed by atoms with van der Waals surface area (Å²) < 4.78 is 37.8. The lowest BCUT2D eigenvalue weighted by atomic mass is 10.1. The summed E-state index contributed by atoms with van der Waals surface area (Å²) >= 11 is 0. The zero-order valence-corrected chi connectivity index (χ0v) is 12.7. The second kappa shape index (κ2) is 7.47. The van der Waals surface area contributed by atoms with Crippen LogP contribution in [0.5, 0.6) is 0 Å². The molecule has 1 saturated heterocycles. The molecule has 1 heterocycles. The van der Waals surface area contributed by atoms with E-state index in [-0.39, 0.29) is 30.7 Å². The van der Waals surface area contributed by atoms with Gasteiger partial charge in [-0.15, -0.1) is 0 Å². The van der Waals surface area contributed by atoms with Gasteiger partial charge in [-0.05, 0) is 31.5 Å². The first-order chi connectivity index (χ1) is 11.3. The molecule has 0 aliphatic carbocycles. The maximum atomic E-state index is 12.6. The molecule has 10 heteroatoms. The lowest BCUT2D eigenvalue weighted by Crippen LogP contribution is -2.42. The predicted octanol–water partition coefficient (Wildman–Crippen LogP) is 1.89. The summed E-state index contributed by atoms with van der Waals surface area (Å²) in [7, 11) is 0. The monoisotopic (exact) mass is 346 g/mol. The lowest BCUT2D eigenvalue weighted by Gasteiger charge is -2.13. The van der Waals surface area contributed by atoms with Gasteiger partial charge >= 0.3 is 6.18 Å². The third-order valence-electron chi connectivity index (χ3n) is 3.64. The number of anilines is 1. The van der Waals surface area contributed by atoms with E-state index in [1.54, 1.807) is 0 Å². The van der Waals surface area contributed by atoms with Crippen LogP contribution in [0.15, 0.2) is 18.2 Å². The lowest BCUT2D eigenvalue weighted by molar-refractivity contribution is -0.384. The van der Waals surface area contributed by atoms with Crippen molar-refractivity contribution < 1.29 is 22.9 Å². The van der Waals surface area contributed by atoms with Gasteiger partial charge in [0.15, 0.2) is 0 Å². The minimum absolute atomic E-state index is 0.0266. The Morgan fingerprint density at radius 1 is 1.38 bits per heavy atom. The molecule has 1 aromatic rings. The highest BCUT2D eigenvalue weighted by Crippen LogP contribution is 2.34. The van der Waals surface area contributed by atoms with Crippen molar-refractivity contribution in [1.29, 1.82) is 0 Å². The number of carbonyl (C=O) groups excluding carboxylic acids is 1. The van der Waals surface area contributed by atoms with Crippen LogP contribution in [0.1, 0.15) is 18.4 Å². The van der Waals surface area contributed by atoms with Gasteiger partial charge in [-0.1, -0.05) is 0 Å². The Bertz CT molecular complexity index is 616. The van der Waals surface area contributed by atoms with Gasteiger partial charge < -0.3 is 16.0 Å². The van der Waals surface area contributed by atoms with Crippen molar-refractivity contribution in [3.05, 3.63) is 33.9 Å². The number of nitro groups is 1. The van der Waals surface area contributed by atoms with Gasteiger partial charge in [0.1, 0.15) is 5.69 Å². The molecular formula is C14H17F3N4O3. The number of nitrogens with zero attached hydrogens (tertiary/aromatic N) is 1. The highest BCUT2D eigenvalue weighted by molar-refractivity contribution is 5.82. The number of nitro benzene ring substituents is 1. The fourth-order valence-corrected chi connectivity index (χ4v) is 2.42. The second-order valence-electron chi connectivity index (χ2n) is 5.35. The van der Waals surface area contributed by atoms with E-state index >= 15 is 0 Å². The van der Waals surface area contributed by atoms with E-state index in [2.05, 4.69) is 16.0 Å². The molecule has 1 unspecified atom stereocenters. The molecule has 1 atom stereocenters. The van der Waals surface area contributed by atoms with E-state index in [0.29, 0.717) is 6.07 Å². The van der Waals surface area contributed by atoms with E-state index in [1.807, 2.05) is 0 Å². The number of amides is 1. The molecule has 1 fully saturated rings. The van der Waals surface area contributed by atoms with E-state index in [4.69, 9.17) is 0 Å². The Morgan fingerprint density at radius 2 is 2.12 bits per heavy atom. The molecule has 7 nitrogen and oxygen atoms in total. The van der Waals surface area contributed by atoms with Crippen molar-refractivity contribution in [3.63, 3.8) is 0 Å². The van der Waals surface area contributed by atoms with Crippen molar-refractivity contribution >= 4 is 17.3 Å². The molecule has 132 valence electrons. The number of hydrogen-bond donors (Lipinski definition) is 3. The summed E-state index contributed by atoms with van der Waals surface area (Å²) in [4.78, 5) is 21.8. The zero-order chi connectivity index (χ0) is 17.7. The fraction of sp³-hybridized carbons (Fsp3) is 0.500. The molecule has 0 aromatic heterocycles. The van der Waals surface area contributed by atoms with Crippen molar-refractivity contribution in [2.75, 3.05) is 25.0 Å². The average Bonchev–Trinajstić information content (AvgIpc) is 3.04. The van der Waals surface area contributed by atoms with Gasteiger partial charge in [-0.25, -0.2) is 0 Å². The van der Waals surface area contributed by atoms with Crippen LogP contribution in [0.2, 0.25) is 0 Å². The zero-order valence-electron chi connectivity index (χ0n) is 12.7. The molecule has 1 aliphatic rings. The molecule has 1 amide bonds. The smallest absolute Gasteiger partial charge is 0.378 e. The van der Waals surface area contributed by atoms with E-state index in [9.17, 15) is 28.1 Å². The van der Waals surface area contributed by atoms with Crippen LogP contribution in [0.4, 0.5) is 24.5 Å². The SMILES string of the molecule is O=C(NCCNc1ccc(C(F)(F)F)cc1[N+](=O)[O-])C1CCCN1. The highest BCUT2D eigenvalue weighted by Gasteiger charge is 2.33. The van der Waals surface area contributed by atoms with Gasteiger partial charge in [0.05, 0.1) is 16.5 Å². The fourth-order valence-electron chi connectivity index (χ4n) is 2.42. The van der Waals surface area contributed by atoms with Gasteiger partial charge in [0, 0.05) is 19.2 Å². The summed E-state index contributed by atoms with van der Waals surface area (Å²) in [5, 5.41) is 19.3. The maximum Gasteiger partial charge on any atom is 0.416 e. The molecule has 0 bridgehead atoms. The minimum Gasteiger partial charge on any atom is -0.378 e. The number of rotatable bonds is 6. The Balaban J connectivity index is 1.92. The number of halogens is 3. The summed E-state index contributed by atoms with van der Waals surface area (Å²) in [5.74, 6) is -0.156. The van der Waals surface area contributed by atoms with Crippen LogP contribution in [0.3, 0.4) is 0 Å². The maximum absolute atomic E-state index is 12.6. The first kappa shape index (κ1) is 18.0. The molecule has 1 aromatic carbocycles. The van der Waals surface area contributed by atoms with Gasteiger partial charge in [-0.3, -0.25) is 14.9 Å². The topological polar surface area (TPSA) is 96.3 Å². The van der Waals surface area contributed by atoms with Crippen LogP contribution >= 0.6 is 0 Å². The van der Waals surface area contributed by atoms with E-state index < -0.39 is 22.4 Å². The summed E-state index contributed by atoms with van der Waals surface area (Å²) in [6.07, 6.45) is -2.97. The normalized spacial score (nSPS) is 17.5. The Hall–Kier alpha value is -2.36. The predicted molar refractivity (Wildman–Crippen MR) is 80.6 cm³/mol. The number of nitrogens with one attached hydrogen (secondary N) is 3. The van der Waals surface area contributed by atoms with Crippen molar-refractivity contribution in [3.8, 4) is 0 Å². The summed E-state index contributed by atoms with van der Waals surface area (Å²) in [6.45, 7) is 1.15. The standard InChI is InChI=1S/C14H17F3N4O3/c15-14(16,17)9-3-4-10(12(8-9)21(23)24)19-6-7-20-13(22)11-2-1-5-18-11/h3-4,8,11,18-19H,1-2,5-7H2,(H,20,22). The Kier molecular flexibility index (Phi) is 5.60. The first-order valence-electron chi connectivity index (χ1n) is 7.39. The molecule has 24 heavy (non-hydrogen) atoms. The second-order valence-corrected chi connectivity index (χ2v) is 5.35. The minimum atomic E-state index is -4.65. The van der Waals surface area contributed by atoms with Crippen LogP contribution in [0.25, 0.3) is 0 Å². The van der Waals surface area contributed by atoms with E-state index in [0.717, 1.165) is 31.5 Å². The van der Waals surface area contributed by atoms with Gasteiger partial charge in [0.2, 0.25) is 5.91 Å². The molecule has 2 rings (SSSR count). The van der Waals surface area contributed by atoms with Gasteiger partial charge in [0.25, 0.3) is 5.69 Å². The summed E-state index contributed by atoms with van der Waals surface area (Å²) in [5.41, 5.74) is -1.77. The first-order valence-corrected chi connectivity index (χ1v) is 7.39. The van der Waals surface area contributed by atoms with Crippen LogP contribution < -0.4 is 16.0 Å². The molecule has 0 saturated carbocycles. The average molecular weight is 346 g/mol. The van der Waals surface area contributed by atoms with Gasteiger partial charge in [-0.2, -0.15) is 13.2 Å². The molecular weight excluding hydrogens is 329 g/mol. The number of hydrogen-bond acceptors (Lipinski definition) is 5. The largest absolute Gasteiger partial charge is 0.416 e. The number of alkyl halides is 3. The Labute approximate surface area is 135 Å². The van der Waals surface area contributed by atoms with Crippen LogP contribution in [-0.2, 0) is 11.0 Å². The van der Waals surface area contributed by atoms with Crippen molar-refractivity contribution in [1.82, 2.24) is 10.6 Å². The van der Waals surface area contributed by atoms with Crippen LogP contribution in [-0.4, -0.2) is 36.5 Å². The molecule has 0 spiro atoms. The number of carbonyl (C=O) groups is 1. The third-order valence-corrected chi connectivity index (χ3v) is 3.64. The number of benzene rings is 1. The van der Waals surface area contributed by atoms with Crippen LogP contribution in [0, 0.1) is 10.1 Å². The van der Waals surface area contributed by atoms with Crippen molar-refractivity contribution in [2.24, 2.45) is 0 Å². The molecule has 3 N–H and O–H groups in total. The van der Waals surface area contributed by atoms with E-state index in [1.165, 1.54) is 0 Å².